The van der Waals surface area contributed by atoms with Gasteiger partial charge in [0.1, 0.15) is 18.4 Å². The van der Waals surface area contributed by atoms with Crippen molar-refractivity contribution in [3.05, 3.63) is 77.9 Å². The van der Waals surface area contributed by atoms with E-state index < -0.39 is 6.04 Å². The van der Waals surface area contributed by atoms with Crippen LogP contribution in [0.15, 0.2) is 66.7 Å². The van der Waals surface area contributed by atoms with Crippen LogP contribution < -0.4 is 15.4 Å². The lowest BCUT2D eigenvalue weighted by atomic mass is 10.1. The van der Waals surface area contributed by atoms with Crippen molar-refractivity contribution in [2.24, 2.45) is 0 Å². The van der Waals surface area contributed by atoms with E-state index in [0.29, 0.717) is 25.1 Å². The molecule has 0 aliphatic carbocycles. The van der Waals surface area contributed by atoms with Crippen LogP contribution >= 0.6 is 0 Å². The van der Waals surface area contributed by atoms with E-state index in [-0.39, 0.29) is 11.8 Å². The molecular weight excluding hydrogens is 414 g/mol. The van der Waals surface area contributed by atoms with Crippen LogP contribution in [0, 0.1) is 0 Å². The summed E-state index contributed by atoms with van der Waals surface area (Å²) in [6.07, 6.45) is 1.39. The third-order valence-electron chi connectivity index (χ3n) is 5.38. The lowest BCUT2D eigenvalue weighted by Gasteiger charge is -2.19. The molecule has 3 rings (SSSR count). The monoisotopic (exact) mass is 447 g/mol. The topological polar surface area (TPSA) is 70.7 Å². The highest BCUT2D eigenvalue weighted by atomic mass is 16.5. The molecule has 2 N–H and O–H groups in total. The summed E-state index contributed by atoms with van der Waals surface area (Å²) in [4.78, 5) is 27.4. The third kappa shape index (κ3) is 7.32. The number of rotatable bonds is 11. The molecule has 2 amide bonds. The minimum absolute atomic E-state index is 0.145. The van der Waals surface area contributed by atoms with Crippen molar-refractivity contribution in [3.63, 3.8) is 0 Å². The first-order valence-corrected chi connectivity index (χ1v) is 11.4. The summed E-state index contributed by atoms with van der Waals surface area (Å²) in [5.74, 6) is 0.386. The summed E-state index contributed by atoms with van der Waals surface area (Å²) in [7, 11) is 3.91. The largest absolute Gasteiger partial charge is 0.489 e. The summed E-state index contributed by atoms with van der Waals surface area (Å²) in [5.41, 5.74) is 1.64. The van der Waals surface area contributed by atoms with Crippen LogP contribution in [0.3, 0.4) is 0 Å². The predicted molar refractivity (Wildman–Crippen MR) is 132 cm³/mol. The second kappa shape index (κ2) is 12.0. The number of hydrogen-bond donors (Lipinski definition) is 2. The van der Waals surface area contributed by atoms with Crippen molar-refractivity contribution in [1.29, 1.82) is 0 Å². The number of carbonyl (C=O) groups is 2. The van der Waals surface area contributed by atoms with Gasteiger partial charge in [0.05, 0.1) is 0 Å². The van der Waals surface area contributed by atoms with Crippen molar-refractivity contribution in [1.82, 2.24) is 15.5 Å². The fourth-order valence-electron chi connectivity index (χ4n) is 3.52. The van der Waals surface area contributed by atoms with Crippen LogP contribution in [0.25, 0.3) is 10.8 Å². The Morgan fingerprint density at radius 1 is 0.970 bits per heavy atom. The maximum atomic E-state index is 12.9. The second-order valence-electron chi connectivity index (χ2n) is 8.41. The maximum absolute atomic E-state index is 12.9. The molecule has 6 nitrogen and oxygen atoms in total. The van der Waals surface area contributed by atoms with Crippen LogP contribution in [-0.2, 0) is 11.4 Å². The van der Waals surface area contributed by atoms with E-state index in [9.17, 15) is 9.59 Å². The van der Waals surface area contributed by atoms with Gasteiger partial charge in [0.15, 0.2) is 0 Å². The van der Waals surface area contributed by atoms with E-state index in [0.717, 1.165) is 35.1 Å². The molecule has 3 aromatic carbocycles. The third-order valence-corrected chi connectivity index (χ3v) is 5.38. The van der Waals surface area contributed by atoms with Crippen LogP contribution in [0.5, 0.6) is 5.75 Å². The molecule has 1 atom stereocenters. The summed E-state index contributed by atoms with van der Waals surface area (Å²) in [6.45, 7) is 3.80. The molecule has 6 heteroatoms. The van der Waals surface area contributed by atoms with Gasteiger partial charge in [-0.1, -0.05) is 55.8 Å². The van der Waals surface area contributed by atoms with Crippen LogP contribution in [0.2, 0.25) is 0 Å². The Kier molecular flexibility index (Phi) is 8.84. The molecule has 174 valence electrons. The smallest absolute Gasteiger partial charge is 0.251 e. The van der Waals surface area contributed by atoms with Crippen molar-refractivity contribution in [2.45, 2.75) is 32.4 Å². The highest BCUT2D eigenvalue weighted by Crippen LogP contribution is 2.23. The van der Waals surface area contributed by atoms with Crippen LogP contribution in [-0.4, -0.2) is 49.9 Å². The Morgan fingerprint density at radius 2 is 1.70 bits per heavy atom. The number of hydrogen-bond acceptors (Lipinski definition) is 4. The van der Waals surface area contributed by atoms with Crippen LogP contribution in [0.1, 0.15) is 35.7 Å². The second-order valence-corrected chi connectivity index (χ2v) is 8.41. The molecule has 0 aliphatic heterocycles. The Bertz CT molecular complexity index is 1070. The van der Waals surface area contributed by atoms with Crippen molar-refractivity contribution in [2.75, 3.05) is 27.2 Å². The van der Waals surface area contributed by atoms with Crippen LogP contribution in [0.4, 0.5) is 0 Å². The number of likely N-dealkylation sites (N-methyl/N-ethyl adjacent to an activating group) is 1. The highest BCUT2D eigenvalue weighted by Gasteiger charge is 2.20. The molecule has 0 spiro atoms. The molecule has 33 heavy (non-hydrogen) atoms. The summed E-state index contributed by atoms with van der Waals surface area (Å²) in [5, 5.41) is 7.73. The average Bonchev–Trinajstić information content (AvgIpc) is 2.82. The van der Waals surface area contributed by atoms with E-state index in [1.807, 2.05) is 86.6 Å². The summed E-state index contributed by atoms with van der Waals surface area (Å²) in [6, 6.07) is 20.8. The number of amides is 2. The molecule has 0 aromatic heterocycles. The molecule has 0 aliphatic rings. The molecule has 0 fully saturated rings. The van der Waals surface area contributed by atoms with Gasteiger partial charge < -0.3 is 20.3 Å². The van der Waals surface area contributed by atoms with E-state index in [1.165, 1.54) is 0 Å². The zero-order valence-electron chi connectivity index (χ0n) is 19.6. The predicted octanol–water partition coefficient (Wildman–Crippen LogP) is 4.00. The van der Waals surface area contributed by atoms with Gasteiger partial charge >= 0.3 is 0 Å². The van der Waals surface area contributed by atoms with Crippen molar-refractivity contribution >= 4 is 22.6 Å². The molecule has 3 aromatic rings. The lowest BCUT2D eigenvalue weighted by Crippen LogP contribution is -2.47. The van der Waals surface area contributed by atoms with E-state index in [2.05, 4.69) is 10.6 Å². The average molecular weight is 448 g/mol. The number of ether oxygens (including phenoxy) is 1. The molecule has 0 radical (unpaired) electrons. The minimum Gasteiger partial charge on any atom is -0.489 e. The van der Waals surface area contributed by atoms with Gasteiger partial charge in [0.2, 0.25) is 5.91 Å². The Morgan fingerprint density at radius 3 is 2.42 bits per heavy atom. The summed E-state index contributed by atoms with van der Waals surface area (Å²) >= 11 is 0. The molecule has 0 saturated heterocycles. The first-order chi connectivity index (χ1) is 16.0. The van der Waals surface area contributed by atoms with Gasteiger partial charge in [-0.2, -0.15) is 0 Å². The Labute approximate surface area is 195 Å². The Balaban J connectivity index is 1.64. The number of carbonyl (C=O) groups excluding carboxylic acids is 2. The number of nitrogens with one attached hydrogen (secondary N) is 2. The van der Waals surface area contributed by atoms with Gasteiger partial charge in [-0.25, -0.2) is 0 Å². The van der Waals surface area contributed by atoms with Crippen molar-refractivity contribution in [3.8, 4) is 5.75 Å². The molecule has 0 bridgehead atoms. The maximum Gasteiger partial charge on any atom is 0.251 e. The number of benzene rings is 3. The minimum atomic E-state index is -0.547. The molecule has 0 heterocycles. The van der Waals surface area contributed by atoms with Gasteiger partial charge in [-0.15, -0.1) is 0 Å². The standard InChI is InChI=1S/C27H33N3O3/c1-4-8-25(27(32)28-15-16-30(2)3)29-26(31)23-12-11-22-18-24(14-13-21(22)17-23)33-19-20-9-6-5-7-10-20/h5-7,9-14,17-18,25H,4,8,15-16,19H2,1-3H3,(H,28,32)(H,29,31)/t25-/m0/s1. The SMILES string of the molecule is CCC[C@H](NC(=O)c1ccc2cc(OCc3ccccc3)ccc2c1)C(=O)NCCN(C)C. The first kappa shape index (κ1) is 24.3. The van der Waals surface area contributed by atoms with Gasteiger partial charge in [-0.3, -0.25) is 9.59 Å². The van der Waals surface area contributed by atoms with Gasteiger partial charge in [0, 0.05) is 18.7 Å². The quantitative estimate of drug-likeness (QED) is 0.466. The fourth-order valence-corrected chi connectivity index (χ4v) is 3.52. The van der Waals surface area contributed by atoms with Gasteiger partial charge in [-0.05, 0) is 61.1 Å². The molecular formula is C27H33N3O3. The lowest BCUT2D eigenvalue weighted by molar-refractivity contribution is -0.123. The summed E-state index contributed by atoms with van der Waals surface area (Å²) < 4.78 is 5.90. The molecule has 0 unspecified atom stereocenters. The zero-order chi connectivity index (χ0) is 23.6. The normalized spacial score (nSPS) is 11.9. The van der Waals surface area contributed by atoms with Crippen molar-refractivity contribution < 1.29 is 14.3 Å². The number of fused-ring (bicyclic) bond motifs is 1. The number of nitrogens with zero attached hydrogens (tertiary/aromatic N) is 1. The zero-order valence-corrected chi connectivity index (χ0v) is 19.6. The van der Waals surface area contributed by atoms with E-state index >= 15 is 0 Å². The first-order valence-electron chi connectivity index (χ1n) is 11.4. The van der Waals surface area contributed by atoms with E-state index in [1.54, 1.807) is 6.07 Å². The van der Waals surface area contributed by atoms with E-state index in [4.69, 9.17) is 4.74 Å². The van der Waals surface area contributed by atoms with Gasteiger partial charge in [0.25, 0.3) is 5.91 Å². The Hall–Kier alpha value is -3.38. The fraction of sp³-hybridized carbons (Fsp3) is 0.333. The molecule has 0 saturated carbocycles. The highest BCUT2D eigenvalue weighted by molar-refractivity contribution is 6.00.